The molecule has 122 valence electrons. The number of hydrogen-bond acceptors (Lipinski definition) is 5. The molecule has 1 aliphatic rings. The van der Waals surface area contributed by atoms with E-state index in [1.807, 2.05) is 13.8 Å². The number of alkyl halides is 1. The fourth-order valence-electron chi connectivity index (χ4n) is 2.02. The van der Waals surface area contributed by atoms with Gasteiger partial charge in [0, 0.05) is 6.42 Å². The van der Waals surface area contributed by atoms with Crippen molar-refractivity contribution in [3.05, 3.63) is 29.8 Å². The van der Waals surface area contributed by atoms with Crippen LogP contribution in [0, 0.1) is 0 Å². The third-order valence-electron chi connectivity index (χ3n) is 3.19. The van der Waals surface area contributed by atoms with Crippen molar-refractivity contribution in [2.75, 3.05) is 5.88 Å². The highest BCUT2D eigenvalue weighted by Gasteiger charge is 2.39. The van der Waals surface area contributed by atoms with Crippen molar-refractivity contribution in [2.24, 2.45) is 5.16 Å². The van der Waals surface area contributed by atoms with Crippen molar-refractivity contribution in [3.8, 4) is 5.75 Å². The maximum atomic E-state index is 12.4. The summed E-state index contributed by atoms with van der Waals surface area (Å²) < 4.78 is 30.3. The number of ether oxygens (including phenoxy) is 1. The maximum absolute atomic E-state index is 12.4. The highest BCUT2D eigenvalue weighted by Crippen LogP contribution is 2.28. The second-order valence-corrected chi connectivity index (χ2v) is 8.16. The van der Waals surface area contributed by atoms with Crippen LogP contribution >= 0.6 is 11.6 Å². The van der Waals surface area contributed by atoms with Crippen LogP contribution in [0.5, 0.6) is 5.75 Å². The first-order valence-electron chi connectivity index (χ1n) is 7.03. The third-order valence-corrected chi connectivity index (χ3v) is 5.40. The van der Waals surface area contributed by atoms with Crippen molar-refractivity contribution < 1.29 is 18.0 Å². The lowest BCUT2D eigenvalue weighted by Crippen LogP contribution is -2.28. The number of nitrogens with zero attached hydrogens (tertiary/aromatic N) is 1. The first kappa shape index (κ1) is 17.1. The van der Waals surface area contributed by atoms with Gasteiger partial charge < -0.3 is 9.57 Å². The van der Waals surface area contributed by atoms with Crippen molar-refractivity contribution in [3.63, 3.8) is 0 Å². The highest BCUT2D eigenvalue weighted by atomic mass is 35.5. The molecule has 0 radical (unpaired) electrons. The molecule has 0 aliphatic carbocycles. The summed E-state index contributed by atoms with van der Waals surface area (Å²) in [6, 6.07) is 7.01. The average Bonchev–Trinajstić information content (AvgIpc) is 2.85. The van der Waals surface area contributed by atoms with Gasteiger partial charge in [0.25, 0.3) is 0 Å². The lowest BCUT2D eigenvalue weighted by atomic mass is 10.1. The fraction of sp³-hybridized carbons (Fsp3) is 0.533. The standard InChI is InChI=1S/C15H20ClNO4S/c1-11(2)20-13-6-4-12(5-7-13)9-22(18,19)14-8-15(3,10-16)21-17-14/h4-7,11H,8-10H2,1-3H3. The second kappa shape index (κ2) is 6.46. The van der Waals surface area contributed by atoms with E-state index in [2.05, 4.69) is 5.16 Å². The van der Waals surface area contributed by atoms with E-state index in [4.69, 9.17) is 21.2 Å². The monoisotopic (exact) mass is 345 g/mol. The van der Waals surface area contributed by atoms with Gasteiger partial charge in [0.2, 0.25) is 0 Å². The summed E-state index contributed by atoms with van der Waals surface area (Å²) >= 11 is 5.78. The molecule has 0 N–H and O–H groups in total. The molecule has 2 rings (SSSR count). The van der Waals surface area contributed by atoms with Gasteiger partial charge >= 0.3 is 0 Å². The number of sulfone groups is 1. The second-order valence-electron chi connectivity index (χ2n) is 5.91. The minimum atomic E-state index is -3.50. The number of rotatable bonds is 5. The van der Waals surface area contributed by atoms with Crippen molar-refractivity contribution in [1.82, 2.24) is 0 Å². The molecule has 0 bridgehead atoms. The first-order chi connectivity index (χ1) is 10.2. The normalized spacial score (nSPS) is 21.6. The number of hydrogen-bond donors (Lipinski definition) is 0. The minimum Gasteiger partial charge on any atom is -0.491 e. The molecule has 1 unspecified atom stereocenters. The van der Waals surface area contributed by atoms with Crippen molar-refractivity contribution >= 4 is 26.5 Å². The Kier molecular flexibility index (Phi) is 5.02. The van der Waals surface area contributed by atoms with Crippen LogP contribution in [0.15, 0.2) is 29.4 Å². The summed E-state index contributed by atoms with van der Waals surface area (Å²) in [5, 5.41) is 3.76. The van der Waals surface area contributed by atoms with Gasteiger partial charge in [-0.25, -0.2) is 8.42 Å². The van der Waals surface area contributed by atoms with Crippen LogP contribution in [-0.2, 0) is 20.4 Å². The molecule has 5 nitrogen and oxygen atoms in total. The van der Waals surface area contributed by atoms with Gasteiger partial charge in [0.05, 0.1) is 17.7 Å². The smallest absolute Gasteiger partial charge is 0.199 e. The van der Waals surface area contributed by atoms with Gasteiger partial charge in [-0.3, -0.25) is 0 Å². The zero-order chi connectivity index (χ0) is 16.4. The number of halogens is 1. The molecule has 1 aliphatic heterocycles. The molecule has 0 aromatic heterocycles. The van der Waals surface area contributed by atoms with Gasteiger partial charge in [-0.2, -0.15) is 0 Å². The molecule has 1 heterocycles. The Balaban J connectivity index is 2.07. The van der Waals surface area contributed by atoms with E-state index < -0.39 is 15.4 Å². The molecule has 0 amide bonds. The summed E-state index contributed by atoms with van der Waals surface area (Å²) in [5.74, 6) is 0.791. The molecule has 0 spiro atoms. The summed E-state index contributed by atoms with van der Waals surface area (Å²) in [5.41, 5.74) is -0.0582. The van der Waals surface area contributed by atoms with E-state index in [1.165, 1.54) is 0 Å². The first-order valence-corrected chi connectivity index (χ1v) is 9.22. The summed E-state index contributed by atoms with van der Waals surface area (Å²) in [6.45, 7) is 5.61. The van der Waals surface area contributed by atoms with Crippen LogP contribution in [0.4, 0.5) is 0 Å². The summed E-state index contributed by atoms with van der Waals surface area (Å²) in [6.07, 6.45) is 0.278. The topological polar surface area (TPSA) is 65.0 Å². The van der Waals surface area contributed by atoms with Gasteiger partial charge in [-0.05, 0) is 38.5 Å². The van der Waals surface area contributed by atoms with E-state index in [-0.39, 0.29) is 29.2 Å². The molecule has 1 atom stereocenters. The quantitative estimate of drug-likeness (QED) is 0.769. The van der Waals surface area contributed by atoms with Crippen molar-refractivity contribution in [2.45, 2.75) is 44.6 Å². The Hall–Kier alpha value is -1.27. The Bertz CT molecular complexity index is 655. The lowest BCUT2D eigenvalue weighted by Gasteiger charge is -2.16. The molecule has 0 saturated heterocycles. The Morgan fingerprint density at radius 2 is 2.00 bits per heavy atom. The summed E-state index contributed by atoms with van der Waals surface area (Å²) in [7, 11) is -3.50. The van der Waals surface area contributed by atoms with E-state index in [0.29, 0.717) is 11.3 Å². The van der Waals surface area contributed by atoms with Crippen LogP contribution in [0.2, 0.25) is 0 Å². The molecular formula is C15H20ClNO4S. The Labute approximate surface area is 136 Å². The van der Waals surface area contributed by atoms with Gasteiger partial charge in [0.15, 0.2) is 20.5 Å². The van der Waals surface area contributed by atoms with E-state index >= 15 is 0 Å². The average molecular weight is 346 g/mol. The summed E-state index contributed by atoms with van der Waals surface area (Å²) in [4.78, 5) is 5.15. The van der Waals surface area contributed by atoms with Crippen molar-refractivity contribution in [1.29, 1.82) is 0 Å². The molecule has 1 aromatic rings. The SMILES string of the molecule is CC(C)Oc1ccc(CS(=O)(=O)C2=NOC(C)(CCl)C2)cc1. The number of benzene rings is 1. The largest absolute Gasteiger partial charge is 0.491 e. The van der Waals surface area contributed by atoms with Crippen LogP contribution in [0.3, 0.4) is 0 Å². The molecule has 1 aromatic carbocycles. The van der Waals surface area contributed by atoms with E-state index in [1.54, 1.807) is 31.2 Å². The maximum Gasteiger partial charge on any atom is 0.199 e. The zero-order valence-corrected chi connectivity index (χ0v) is 14.4. The minimum absolute atomic E-state index is 0.0538. The molecule has 0 fully saturated rings. The fourth-order valence-corrected chi connectivity index (χ4v) is 3.64. The lowest BCUT2D eigenvalue weighted by molar-refractivity contribution is 0.0152. The third kappa shape index (κ3) is 4.14. The van der Waals surface area contributed by atoms with Crippen LogP contribution in [0.1, 0.15) is 32.8 Å². The molecule has 22 heavy (non-hydrogen) atoms. The van der Waals surface area contributed by atoms with Gasteiger partial charge in [0.1, 0.15) is 5.75 Å². The molecular weight excluding hydrogens is 326 g/mol. The van der Waals surface area contributed by atoms with E-state index in [9.17, 15) is 8.42 Å². The van der Waals surface area contributed by atoms with E-state index in [0.717, 1.165) is 0 Å². The number of oxime groups is 1. The molecule has 0 saturated carbocycles. The van der Waals surface area contributed by atoms with Gasteiger partial charge in [-0.1, -0.05) is 17.3 Å². The van der Waals surface area contributed by atoms with Gasteiger partial charge in [-0.15, -0.1) is 11.6 Å². The predicted octanol–water partition coefficient (Wildman–Crippen LogP) is 3.12. The predicted molar refractivity (Wildman–Crippen MR) is 87.1 cm³/mol. The van der Waals surface area contributed by atoms with Crippen LogP contribution in [0.25, 0.3) is 0 Å². The Morgan fingerprint density at radius 1 is 1.36 bits per heavy atom. The zero-order valence-electron chi connectivity index (χ0n) is 12.9. The Morgan fingerprint density at radius 3 is 2.50 bits per heavy atom. The van der Waals surface area contributed by atoms with Crippen LogP contribution in [-0.4, -0.2) is 31.0 Å². The van der Waals surface area contributed by atoms with Crippen LogP contribution < -0.4 is 4.74 Å². The highest BCUT2D eigenvalue weighted by molar-refractivity contribution is 8.05. The molecule has 7 heteroatoms.